The van der Waals surface area contributed by atoms with Crippen LogP contribution in [-0.4, -0.2) is 60.3 Å². The van der Waals surface area contributed by atoms with Gasteiger partial charge in [-0.05, 0) is 38.1 Å². The number of hydrogen-bond donors (Lipinski definition) is 1. The Morgan fingerprint density at radius 2 is 1.81 bits per heavy atom. The van der Waals surface area contributed by atoms with Gasteiger partial charge in [0, 0.05) is 32.7 Å². The van der Waals surface area contributed by atoms with E-state index in [4.69, 9.17) is 4.74 Å². The van der Waals surface area contributed by atoms with E-state index in [-0.39, 0.29) is 12.5 Å². The van der Waals surface area contributed by atoms with Crippen LogP contribution >= 0.6 is 0 Å². The number of anilines is 2. The molecule has 0 radical (unpaired) electrons. The summed E-state index contributed by atoms with van der Waals surface area (Å²) in [4.78, 5) is 16.3. The highest BCUT2D eigenvalue weighted by Crippen LogP contribution is 2.15. The van der Waals surface area contributed by atoms with Crippen molar-refractivity contribution in [3.63, 3.8) is 0 Å². The van der Waals surface area contributed by atoms with Gasteiger partial charge in [-0.25, -0.2) is 0 Å². The van der Waals surface area contributed by atoms with Crippen LogP contribution in [-0.2, 0) is 4.79 Å². The van der Waals surface area contributed by atoms with Gasteiger partial charge in [0.2, 0.25) is 0 Å². The third-order valence-corrected chi connectivity index (χ3v) is 4.35. The lowest BCUT2D eigenvalue weighted by atomic mass is 10.2. The first kappa shape index (κ1) is 18.0. The molecule has 7 nitrogen and oxygen atoms in total. The monoisotopic (exact) mass is 355 g/mol. The fourth-order valence-electron chi connectivity index (χ4n) is 2.83. The second-order valence-electron chi connectivity index (χ2n) is 6.28. The number of aromatic nitrogens is 2. The van der Waals surface area contributed by atoms with Crippen molar-refractivity contribution in [2.75, 3.05) is 49.5 Å². The minimum atomic E-state index is 0.0128. The molecule has 1 fully saturated rings. The van der Waals surface area contributed by atoms with Gasteiger partial charge in [0.15, 0.2) is 12.4 Å². The van der Waals surface area contributed by atoms with Crippen LogP contribution in [0.3, 0.4) is 0 Å². The van der Waals surface area contributed by atoms with Crippen molar-refractivity contribution in [2.24, 2.45) is 0 Å². The predicted octanol–water partition coefficient (Wildman–Crippen LogP) is 1.94. The number of nitrogens with zero attached hydrogens (tertiary/aromatic N) is 4. The van der Waals surface area contributed by atoms with Crippen molar-refractivity contribution >= 4 is 17.5 Å². The lowest BCUT2D eigenvalue weighted by Gasteiger charge is -2.35. The molecule has 1 aromatic carbocycles. The molecule has 1 aliphatic rings. The summed E-state index contributed by atoms with van der Waals surface area (Å²) in [5.41, 5.74) is 1.17. The van der Waals surface area contributed by atoms with Gasteiger partial charge in [-0.3, -0.25) is 4.79 Å². The zero-order valence-electron chi connectivity index (χ0n) is 15.3. The molecule has 7 heteroatoms. The minimum absolute atomic E-state index is 0.0128. The molecule has 0 bridgehead atoms. The quantitative estimate of drug-likeness (QED) is 0.854. The molecule has 0 spiro atoms. The first-order valence-corrected chi connectivity index (χ1v) is 8.95. The largest absolute Gasteiger partial charge is 0.484 e. The van der Waals surface area contributed by atoms with E-state index >= 15 is 0 Å². The van der Waals surface area contributed by atoms with Crippen LogP contribution in [0.4, 0.5) is 11.6 Å². The standard InChI is InChI=1S/C19H25N5O2/c1-3-20-17-8-9-18(22-21-17)23-10-12-24(13-11-23)19(25)14-26-16-6-4-15(2)5-7-16/h4-9H,3,10-14H2,1-2H3,(H,20,21). The fourth-order valence-corrected chi connectivity index (χ4v) is 2.83. The zero-order chi connectivity index (χ0) is 18.4. The molecule has 1 amide bonds. The van der Waals surface area contributed by atoms with E-state index in [1.54, 1.807) is 0 Å². The average molecular weight is 355 g/mol. The molecule has 0 unspecified atom stereocenters. The number of amides is 1. The van der Waals surface area contributed by atoms with E-state index in [1.807, 2.05) is 55.1 Å². The van der Waals surface area contributed by atoms with E-state index in [2.05, 4.69) is 20.4 Å². The fraction of sp³-hybridized carbons (Fsp3) is 0.421. The summed E-state index contributed by atoms with van der Waals surface area (Å²) in [6.07, 6.45) is 0. The summed E-state index contributed by atoms with van der Waals surface area (Å²) < 4.78 is 5.59. The van der Waals surface area contributed by atoms with Crippen molar-refractivity contribution in [1.29, 1.82) is 0 Å². The number of nitrogens with one attached hydrogen (secondary N) is 1. The van der Waals surface area contributed by atoms with Gasteiger partial charge >= 0.3 is 0 Å². The number of rotatable bonds is 6. The molecule has 2 aromatic rings. The molecular formula is C19H25N5O2. The highest BCUT2D eigenvalue weighted by molar-refractivity contribution is 5.78. The molecule has 2 heterocycles. The summed E-state index contributed by atoms with van der Waals surface area (Å²) in [5.74, 6) is 2.35. The second kappa shape index (κ2) is 8.51. The van der Waals surface area contributed by atoms with Crippen LogP contribution in [0.15, 0.2) is 36.4 Å². The van der Waals surface area contributed by atoms with Gasteiger partial charge in [0.05, 0.1) is 0 Å². The Hall–Kier alpha value is -2.83. The van der Waals surface area contributed by atoms with Gasteiger partial charge in [0.1, 0.15) is 11.6 Å². The lowest BCUT2D eigenvalue weighted by molar-refractivity contribution is -0.133. The first-order valence-electron chi connectivity index (χ1n) is 8.95. The molecule has 26 heavy (non-hydrogen) atoms. The van der Waals surface area contributed by atoms with Gasteiger partial charge in [0.25, 0.3) is 5.91 Å². The van der Waals surface area contributed by atoms with Crippen LogP contribution < -0.4 is 15.0 Å². The van der Waals surface area contributed by atoms with E-state index in [0.29, 0.717) is 13.1 Å². The van der Waals surface area contributed by atoms with Crippen molar-refractivity contribution < 1.29 is 9.53 Å². The number of ether oxygens (including phenoxy) is 1. The number of piperazine rings is 1. The van der Waals surface area contributed by atoms with E-state index in [9.17, 15) is 4.79 Å². The van der Waals surface area contributed by atoms with Crippen LogP contribution in [0.25, 0.3) is 0 Å². The molecule has 0 atom stereocenters. The van der Waals surface area contributed by atoms with Crippen LogP contribution in [0.1, 0.15) is 12.5 Å². The minimum Gasteiger partial charge on any atom is -0.484 e. The lowest BCUT2D eigenvalue weighted by Crippen LogP contribution is -2.50. The number of carbonyl (C=O) groups is 1. The van der Waals surface area contributed by atoms with Gasteiger partial charge in [-0.15, -0.1) is 10.2 Å². The normalized spacial score (nSPS) is 14.2. The van der Waals surface area contributed by atoms with Crippen molar-refractivity contribution in [2.45, 2.75) is 13.8 Å². The topological polar surface area (TPSA) is 70.6 Å². The third kappa shape index (κ3) is 4.62. The molecule has 1 N–H and O–H groups in total. The molecule has 1 aliphatic heterocycles. The summed E-state index contributed by atoms with van der Waals surface area (Å²) in [6.45, 7) is 7.73. The molecule has 3 rings (SSSR count). The SMILES string of the molecule is CCNc1ccc(N2CCN(C(=O)COc3ccc(C)cc3)CC2)nn1. The summed E-state index contributed by atoms with van der Waals surface area (Å²) in [5, 5.41) is 11.6. The Labute approximate surface area is 154 Å². The molecule has 138 valence electrons. The van der Waals surface area contributed by atoms with Crippen LogP contribution in [0.5, 0.6) is 5.75 Å². The molecule has 1 saturated heterocycles. The first-order chi connectivity index (χ1) is 12.7. The van der Waals surface area contributed by atoms with Gasteiger partial charge in [-0.1, -0.05) is 17.7 Å². The van der Waals surface area contributed by atoms with Crippen LogP contribution in [0, 0.1) is 6.92 Å². The van der Waals surface area contributed by atoms with E-state index in [1.165, 1.54) is 5.56 Å². The Balaban J connectivity index is 1.46. The smallest absolute Gasteiger partial charge is 0.260 e. The second-order valence-corrected chi connectivity index (χ2v) is 6.28. The van der Waals surface area contributed by atoms with Crippen molar-refractivity contribution in [3.8, 4) is 5.75 Å². The Morgan fingerprint density at radius 3 is 2.42 bits per heavy atom. The van der Waals surface area contributed by atoms with E-state index < -0.39 is 0 Å². The Morgan fingerprint density at radius 1 is 1.08 bits per heavy atom. The number of carbonyl (C=O) groups excluding carboxylic acids is 1. The summed E-state index contributed by atoms with van der Waals surface area (Å²) in [6, 6.07) is 11.6. The van der Waals surface area contributed by atoms with Gasteiger partial charge < -0.3 is 19.9 Å². The average Bonchev–Trinajstić information content (AvgIpc) is 2.68. The molecular weight excluding hydrogens is 330 g/mol. The van der Waals surface area contributed by atoms with Crippen molar-refractivity contribution in [3.05, 3.63) is 42.0 Å². The highest BCUT2D eigenvalue weighted by Gasteiger charge is 2.22. The maximum absolute atomic E-state index is 12.3. The maximum Gasteiger partial charge on any atom is 0.260 e. The molecule has 0 aliphatic carbocycles. The zero-order valence-corrected chi connectivity index (χ0v) is 15.3. The van der Waals surface area contributed by atoms with Crippen molar-refractivity contribution in [1.82, 2.24) is 15.1 Å². The van der Waals surface area contributed by atoms with Crippen LogP contribution in [0.2, 0.25) is 0 Å². The van der Waals surface area contributed by atoms with Gasteiger partial charge in [-0.2, -0.15) is 0 Å². The third-order valence-electron chi connectivity index (χ3n) is 4.35. The number of benzene rings is 1. The predicted molar refractivity (Wildman–Crippen MR) is 102 cm³/mol. The maximum atomic E-state index is 12.3. The Kier molecular flexibility index (Phi) is 5.88. The Bertz CT molecular complexity index is 710. The molecule has 0 saturated carbocycles. The highest BCUT2D eigenvalue weighted by atomic mass is 16.5. The summed E-state index contributed by atoms with van der Waals surface area (Å²) in [7, 11) is 0. The molecule has 1 aromatic heterocycles. The van der Waals surface area contributed by atoms with E-state index in [0.717, 1.165) is 37.0 Å². The number of aryl methyl sites for hydroxylation is 1. The summed E-state index contributed by atoms with van der Waals surface area (Å²) >= 11 is 0. The number of hydrogen-bond acceptors (Lipinski definition) is 6.